The van der Waals surface area contributed by atoms with Crippen LogP contribution in [0.3, 0.4) is 0 Å². The van der Waals surface area contributed by atoms with Gasteiger partial charge in [-0.3, -0.25) is 13.9 Å². The summed E-state index contributed by atoms with van der Waals surface area (Å²) in [5, 5.41) is 8.26. The molecule has 40 heavy (non-hydrogen) atoms. The number of pyridine rings is 1. The van der Waals surface area contributed by atoms with Gasteiger partial charge >= 0.3 is 11.9 Å². The Morgan fingerprint density at radius 3 is 2.52 bits per heavy atom. The van der Waals surface area contributed by atoms with Gasteiger partial charge in [-0.1, -0.05) is 13.3 Å². The highest BCUT2D eigenvalue weighted by atomic mass is 19.4. The zero-order valence-corrected chi connectivity index (χ0v) is 22.5. The van der Waals surface area contributed by atoms with Crippen LogP contribution in [0.15, 0.2) is 47.8 Å². The number of imidazole rings is 1. The molecular formula is C29H32F4N6O. The first kappa shape index (κ1) is 26.7. The summed E-state index contributed by atoms with van der Waals surface area (Å²) < 4.78 is 61.7. The van der Waals surface area contributed by atoms with Gasteiger partial charge in [-0.05, 0) is 79.5 Å². The number of hydrogen-bond acceptors (Lipinski definition) is 4. The van der Waals surface area contributed by atoms with Crippen LogP contribution in [0.25, 0.3) is 11.2 Å². The van der Waals surface area contributed by atoms with Gasteiger partial charge < -0.3 is 4.57 Å². The summed E-state index contributed by atoms with van der Waals surface area (Å²) in [5.41, 5.74) is -0.605. The molecule has 1 aromatic carbocycles. The number of rotatable bonds is 6. The molecule has 212 valence electrons. The van der Waals surface area contributed by atoms with E-state index in [1.54, 1.807) is 17.0 Å². The maximum atomic E-state index is 15.1. The van der Waals surface area contributed by atoms with Crippen molar-refractivity contribution in [3.8, 4) is 5.69 Å². The molecule has 0 amide bonds. The van der Waals surface area contributed by atoms with E-state index in [0.29, 0.717) is 29.4 Å². The van der Waals surface area contributed by atoms with E-state index in [0.717, 1.165) is 66.4 Å². The molecule has 0 N–H and O–H groups in total. The predicted molar refractivity (Wildman–Crippen MR) is 142 cm³/mol. The molecule has 0 radical (unpaired) electrons. The second-order valence-corrected chi connectivity index (χ2v) is 11.5. The summed E-state index contributed by atoms with van der Waals surface area (Å²) >= 11 is 0. The number of aromatic nitrogens is 5. The maximum absolute atomic E-state index is 15.1. The number of fused-ring (bicyclic) bond motifs is 1. The highest BCUT2D eigenvalue weighted by molar-refractivity contribution is 5.58. The molecule has 7 nitrogen and oxygen atoms in total. The van der Waals surface area contributed by atoms with E-state index in [2.05, 4.69) is 22.0 Å². The van der Waals surface area contributed by atoms with Crippen molar-refractivity contribution >= 4 is 5.52 Å². The lowest BCUT2D eigenvalue weighted by Gasteiger charge is -2.33. The number of benzene rings is 1. The number of hydrogen-bond donors (Lipinski definition) is 0. The standard InChI is InChI=1S/C29H32F4N6O/c1-18-5-4-8-37(13-18)14-19-9-24(29(31,32)33)25-16-38(28(40)39(25)15-19)23-11-21(10-22(30)12-23)26(20-6-3-7-20)27-35-34-17-36(27)2/h9-12,15-18,20,26H,3-8,13-14H2,1-2H3/t18-,26+/m0/s1. The van der Waals surface area contributed by atoms with Crippen molar-refractivity contribution in [1.82, 2.24) is 28.6 Å². The first-order valence-electron chi connectivity index (χ1n) is 13.8. The summed E-state index contributed by atoms with van der Waals surface area (Å²) in [6, 6.07) is 5.42. The van der Waals surface area contributed by atoms with E-state index in [-0.39, 0.29) is 23.0 Å². The van der Waals surface area contributed by atoms with Gasteiger partial charge in [0.15, 0.2) is 0 Å². The van der Waals surface area contributed by atoms with Crippen LogP contribution in [0.1, 0.15) is 67.5 Å². The minimum Gasteiger partial charge on any atom is -0.320 e. The average molecular weight is 557 g/mol. The second kappa shape index (κ2) is 10.2. The summed E-state index contributed by atoms with van der Waals surface area (Å²) in [4.78, 5) is 15.7. The lowest BCUT2D eigenvalue weighted by atomic mass is 9.72. The van der Waals surface area contributed by atoms with Crippen molar-refractivity contribution < 1.29 is 17.6 Å². The molecule has 1 aliphatic heterocycles. The molecule has 0 bridgehead atoms. The monoisotopic (exact) mass is 556 g/mol. The van der Waals surface area contributed by atoms with Crippen LogP contribution >= 0.6 is 0 Å². The Morgan fingerprint density at radius 2 is 1.88 bits per heavy atom. The summed E-state index contributed by atoms with van der Waals surface area (Å²) in [6.07, 6.45) is 4.63. The molecule has 2 fully saturated rings. The molecule has 11 heteroatoms. The van der Waals surface area contributed by atoms with E-state index in [9.17, 15) is 18.0 Å². The number of likely N-dealkylation sites (tertiary alicyclic amines) is 1. The van der Waals surface area contributed by atoms with E-state index >= 15 is 4.39 Å². The maximum Gasteiger partial charge on any atom is 0.418 e. The second-order valence-electron chi connectivity index (χ2n) is 11.5. The van der Waals surface area contributed by atoms with Crippen LogP contribution in [0.2, 0.25) is 0 Å². The Morgan fingerprint density at radius 1 is 1.07 bits per heavy atom. The molecule has 2 atom stereocenters. The molecule has 3 aromatic heterocycles. The Bertz CT molecular complexity index is 1600. The highest BCUT2D eigenvalue weighted by Gasteiger charge is 2.36. The molecule has 4 aromatic rings. The molecule has 1 saturated heterocycles. The van der Waals surface area contributed by atoms with Gasteiger partial charge in [0.05, 0.1) is 16.8 Å². The van der Waals surface area contributed by atoms with Gasteiger partial charge in [-0.2, -0.15) is 13.2 Å². The largest absolute Gasteiger partial charge is 0.418 e. The van der Waals surface area contributed by atoms with Gasteiger partial charge in [0.2, 0.25) is 0 Å². The normalized spacial score (nSPS) is 19.7. The van der Waals surface area contributed by atoms with Crippen molar-refractivity contribution in [3.05, 3.63) is 81.8 Å². The smallest absolute Gasteiger partial charge is 0.320 e. The van der Waals surface area contributed by atoms with E-state index in [1.807, 2.05) is 7.05 Å². The van der Waals surface area contributed by atoms with Crippen molar-refractivity contribution in [2.45, 2.75) is 57.7 Å². The summed E-state index contributed by atoms with van der Waals surface area (Å²) in [6.45, 7) is 4.06. The minimum absolute atomic E-state index is 0.176. The topological polar surface area (TPSA) is 60.4 Å². The summed E-state index contributed by atoms with van der Waals surface area (Å²) in [7, 11) is 1.83. The van der Waals surface area contributed by atoms with Crippen molar-refractivity contribution in [2.24, 2.45) is 18.9 Å². The average Bonchev–Trinajstić information content (AvgIpc) is 3.42. The number of aryl methyl sites for hydroxylation is 1. The van der Waals surface area contributed by atoms with Crippen LogP contribution in [-0.4, -0.2) is 41.7 Å². The third kappa shape index (κ3) is 4.95. The van der Waals surface area contributed by atoms with E-state index in [4.69, 9.17) is 0 Å². The van der Waals surface area contributed by atoms with Gasteiger partial charge in [-0.25, -0.2) is 9.18 Å². The zero-order valence-electron chi connectivity index (χ0n) is 22.5. The van der Waals surface area contributed by atoms with Crippen LogP contribution in [0.5, 0.6) is 0 Å². The first-order chi connectivity index (χ1) is 19.1. The minimum atomic E-state index is -4.66. The predicted octanol–water partition coefficient (Wildman–Crippen LogP) is 5.54. The first-order valence-corrected chi connectivity index (χ1v) is 13.8. The fourth-order valence-corrected chi connectivity index (χ4v) is 6.33. The Balaban J connectivity index is 1.45. The van der Waals surface area contributed by atoms with Gasteiger partial charge in [0, 0.05) is 38.4 Å². The van der Waals surface area contributed by atoms with E-state index < -0.39 is 23.2 Å². The van der Waals surface area contributed by atoms with Gasteiger partial charge in [0.25, 0.3) is 0 Å². The van der Waals surface area contributed by atoms with E-state index in [1.165, 1.54) is 18.3 Å². The molecule has 0 spiro atoms. The molecule has 4 heterocycles. The Labute approximate surface area is 229 Å². The van der Waals surface area contributed by atoms with Crippen molar-refractivity contribution in [3.63, 3.8) is 0 Å². The molecule has 1 aliphatic carbocycles. The number of piperidine rings is 1. The van der Waals surface area contributed by atoms with Gasteiger partial charge in [0.1, 0.15) is 18.0 Å². The van der Waals surface area contributed by atoms with Gasteiger partial charge in [-0.15, -0.1) is 10.2 Å². The van der Waals surface area contributed by atoms with Crippen molar-refractivity contribution in [2.75, 3.05) is 13.1 Å². The summed E-state index contributed by atoms with van der Waals surface area (Å²) in [5.74, 6) is 0.576. The third-order valence-electron chi connectivity index (χ3n) is 8.46. The lowest BCUT2D eigenvalue weighted by molar-refractivity contribution is -0.136. The van der Waals surface area contributed by atoms with Crippen LogP contribution in [-0.2, 0) is 19.8 Å². The molecular weight excluding hydrogens is 524 g/mol. The highest BCUT2D eigenvalue weighted by Crippen LogP contribution is 2.43. The number of nitrogens with zero attached hydrogens (tertiary/aromatic N) is 6. The van der Waals surface area contributed by atoms with Crippen LogP contribution in [0.4, 0.5) is 17.6 Å². The van der Waals surface area contributed by atoms with Crippen LogP contribution in [0, 0.1) is 17.7 Å². The third-order valence-corrected chi connectivity index (χ3v) is 8.46. The molecule has 1 saturated carbocycles. The SMILES string of the molecule is C[C@H]1CCCN(Cc2cc(C(F)(F)F)c3cn(-c4cc(F)cc([C@H](c5nncn5C)C5CCC5)c4)c(=O)n3c2)C1. The molecule has 6 rings (SSSR count). The fraction of sp³-hybridized carbons (Fsp3) is 0.483. The number of alkyl halides is 3. The molecule has 0 unspecified atom stereocenters. The molecule has 2 aliphatic rings. The Kier molecular flexibility index (Phi) is 6.80. The fourth-order valence-electron chi connectivity index (χ4n) is 6.33. The number of halogens is 4. The van der Waals surface area contributed by atoms with Crippen LogP contribution < -0.4 is 5.69 Å². The lowest BCUT2D eigenvalue weighted by Crippen LogP contribution is -2.34. The zero-order chi connectivity index (χ0) is 28.2. The van der Waals surface area contributed by atoms with Crippen molar-refractivity contribution in [1.29, 1.82) is 0 Å². The quantitative estimate of drug-likeness (QED) is 0.293. The Hall–Kier alpha value is -3.47.